The maximum Gasteiger partial charge on any atom is 0.305 e. The Bertz CT molecular complexity index is 507. The fourth-order valence-electron chi connectivity index (χ4n) is 1.33. The number of carboxylic acids is 1. The van der Waals surface area contributed by atoms with Crippen LogP contribution in [-0.4, -0.2) is 40.9 Å². The first-order valence-corrected chi connectivity index (χ1v) is 7.24. The van der Waals surface area contributed by atoms with Crippen LogP contribution in [0.2, 0.25) is 0 Å². The van der Waals surface area contributed by atoms with E-state index in [9.17, 15) is 18.8 Å². The van der Waals surface area contributed by atoms with Gasteiger partial charge in [0, 0.05) is 12.2 Å². The number of carbonyl (C=O) groups is 3. The summed E-state index contributed by atoms with van der Waals surface area (Å²) in [7, 11) is 0. The Balaban J connectivity index is 2.17. The lowest BCUT2D eigenvalue weighted by Crippen LogP contribution is -2.28. The molecule has 2 amide bonds. The predicted molar refractivity (Wildman–Crippen MR) is 77.6 cm³/mol. The molecule has 0 aliphatic rings. The summed E-state index contributed by atoms with van der Waals surface area (Å²) in [6.45, 7) is 0.0660. The third kappa shape index (κ3) is 7.93. The SMILES string of the molecule is O=C(O)CCNC(=O)CSCC(=O)Nc1ccc(F)cc1. The van der Waals surface area contributed by atoms with Crippen LogP contribution in [0.4, 0.5) is 10.1 Å². The Hall–Kier alpha value is -2.09. The smallest absolute Gasteiger partial charge is 0.305 e. The first-order chi connectivity index (χ1) is 9.97. The van der Waals surface area contributed by atoms with Gasteiger partial charge in [-0.1, -0.05) is 0 Å². The van der Waals surface area contributed by atoms with Gasteiger partial charge in [0.2, 0.25) is 11.8 Å². The quantitative estimate of drug-likeness (QED) is 0.667. The Morgan fingerprint density at radius 2 is 1.71 bits per heavy atom. The molecule has 1 aromatic carbocycles. The second-order valence-electron chi connectivity index (χ2n) is 4.04. The number of thioether (sulfide) groups is 1. The zero-order valence-electron chi connectivity index (χ0n) is 11.1. The highest BCUT2D eigenvalue weighted by atomic mass is 32.2. The lowest BCUT2D eigenvalue weighted by molar-refractivity contribution is -0.136. The highest BCUT2D eigenvalue weighted by Crippen LogP contribution is 2.09. The topological polar surface area (TPSA) is 95.5 Å². The van der Waals surface area contributed by atoms with Crippen molar-refractivity contribution in [3.05, 3.63) is 30.1 Å². The minimum atomic E-state index is -0.985. The first-order valence-electron chi connectivity index (χ1n) is 6.09. The van der Waals surface area contributed by atoms with Crippen LogP contribution in [0.15, 0.2) is 24.3 Å². The lowest BCUT2D eigenvalue weighted by Gasteiger charge is -2.05. The summed E-state index contributed by atoms with van der Waals surface area (Å²) >= 11 is 1.11. The molecule has 0 bridgehead atoms. The maximum atomic E-state index is 12.7. The number of amides is 2. The second kappa shape index (κ2) is 8.96. The Kier molecular flexibility index (Phi) is 7.24. The van der Waals surface area contributed by atoms with Crippen molar-refractivity contribution in [2.75, 3.05) is 23.4 Å². The molecule has 0 aliphatic heterocycles. The molecule has 0 atom stereocenters. The van der Waals surface area contributed by atoms with Crippen molar-refractivity contribution < 1.29 is 23.9 Å². The van der Waals surface area contributed by atoms with E-state index in [2.05, 4.69) is 10.6 Å². The summed E-state index contributed by atoms with van der Waals surface area (Å²) in [5.74, 6) is -1.86. The zero-order chi connectivity index (χ0) is 15.7. The van der Waals surface area contributed by atoms with Crippen LogP contribution in [0.5, 0.6) is 0 Å². The number of nitrogens with one attached hydrogen (secondary N) is 2. The molecule has 21 heavy (non-hydrogen) atoms. The van der Waals surface area contributed by atoms with E-state index in [4.69, 9.17) is 5.11 Å². The highest BCUT2D eigenvalue weighted by Gasteiger charge is 2.06. The molecular formula is C13H15FN2O4S. The summed E-state index contributed by atoms with van der Waals surface area (Å²) in [4.78, 5) is 33.1. The number of benzene rings is 1. The van der Waals surface area contributed by atoms with Crippen molar-refractivity contribution in [1.82, 2.24) is 5.32 Å². The third-order valence-electron chi connectivity index (χ3n) is 2.26. The molecule has 0 saturated carbocycles. The highest BCUT2D eigenvalue weighted by molar-refractivity contribution is 8.00. The van der Waals surface area contributed by atoms with E-state index in [0.29, 0.717) is 5.69 Å². The van der Waals surface area contributed by atoms with E-state index < -0.39 is 5.97 Å². The Morgan fingerprint density at radius 1 is 1.10 bits per heavy atom. The zero-order valence-corrected chi connectivity index (χ0v) is 11.9. The molecule has 0 aromatic heterocycles. The molecular weight excluding hydrogens is 299 g/mol. The maximum absolute atomic E-state index is 12.7. The van der Waals surface area contributed by atoms with Crippen LogP contribution in [-0.2, 0) is 14.4 Å². The number of hydrogen-bond acceptors (Lipinski definition) is 4. The van der Waals surface area contributed by atoms with Gasteiger partial charge < -0.3 is 15.7 Å². The van der Waals surface area contributed by atoms with E-state index in [1.807, 2.05) is 0 Å². The van der Waals surface area contributed by atoms with Crippen molar-refractivity contribution in [3.63, 3.8) is 0 Å². The van der Waals surface area contributed by atoms with Crippen molar-refractivity contribution in [1.29, 1.82) is 0 Å². The van der Waals surface area contributed by atoms with Gasteiger partial charge in [-0.3, -0.25) is 14.4 Å². The van der Waals surface area contributed by atoms with Gasteiger partial charge in [-0.05, 0) is 24.3 Å². The fourth-order valence-corrected chi connectivity index (χ4v) is 1.97. The van der Waals surface area contributed by atoms with E-state index >= 15 is 0 Å². The molecule has 0 fully saturated rings. The molecule has 6 nitrogen and oxygen atoms in total. The number of aliphatic carboxylic acids is 1. The van der Waals surface area contributed by atoms with Crippen LogP contribution in [0.1, 0.15) is 6.42 Å². The molecule has 3 N–H and O–H groups in total. The average Bonchev–Trinajstić information content (AvgIpc) is 2.41. The minimum absolute atomic E-state index is 0.0659. The minimum Gasteiger partial charge on any atom is -0.481 e. The van der Waals surface area contributed by atoms with Gasteiger partial charge >= 0.3 is 5.97 Å². The van der Waals surface area contributed by atoms with Gasteiger partial charge in [-0.2, -0.15) is 0 Å². The fraction of sp³-hybridized carbons (Fsp3) is 0.308. The number of hydrogen-bond donors (Lipinski definition) is 3. The molecule has 8 heteroatoms. The summed E-state index contributed by atoms with van der Waals surface area (Å²) in [6, 6.07) is 5.35. The van der Waals surface area contributed by atoms with Gasteiger partial charge in [0.1, 0.15) is 5.82 Å². The van der Waals surface area contributed by atoms with E-state index in [0.717, 1.165) is 11.8 Å². The van der Waals surface area contributed by atoms with Gasteiger partial charge in [0.15, 0.2) is 0 Å². The van der Waals surface area contributed by atoms with E-state index in [1.165, 1.54) is 24.3 Å². The largest absolute Gasteiger partial charge is 0.481 e. The summed E-state index contributed by atoms with van der Waals surface area (Å²) < 4.78 is 12.7. The predicted octanol–water partition coefficient (Wildman–Crippen LogP) is 1.09. The Labute approximate surface area is 125 Å². The lowest BCUT2D eigenvalue weighted by atomic mass is 10.3. The molecule has 114 valence electrons. The molecule has 0 spiro atoms. The van der Waals surface area contributed by atoms with Crippen LogP contribution in [0, 0.1) is 5.82 Å². The number of anilines is 1. The van der Waals surface area contributed by atoms with E-state index in [-0.39, 0.29) is 42.1 Å². The van der Waals surface area contributed by atoms with Crippen LogP contribution in [0.25, 0.3) is 0 Å². The van der Waals surface area contributed by atoms with Crippen LogP contribution < -0.4 is 10.6 Å². The van der Waals surface area contributed by atoms with Crippen LogP contribution >= 0.6 is 11.8 Å². The van der Waals surface area contributed by atoms with Gasteiger partial charge in [-0.15, -0.1) is 11.8 Å². The van der Waals surface area contributed by atoms with Crippen molar-refractivity contribution in [3.8, 4) is 0 Å². The van der Waals surface area contributed by atoms with Gasteiger partial charge in [-0.25, -0.2) is 4.39 Å². The molecule has 0 saturated heterocycles. The number of carbonyl (C=O) groups excluding carboxylic acids is 2. The normalized spacial score (nSPS) is 9.95. The molecule has 0 aliphatic carbocycles. The molecule has 0 heterocycles. The van der Waals surface area contributed by atoms with Crippen LogP contribution in [0.3, 0.4) is 0 Å². The third-order valence-corrected chi connectivity index (χ3v) is 3.19. The molecule has 0 unspecified atom stereocenters. The molecule has 1 rings (SSSR count). The monoisotopic (exact) mass is 314 g/mol. The molecule has 0 radical (unpaired) electrons. The Morgan fingerprint density at radius 3 is 2.33 bits per heavy atom. The summed E-state index contributed by atoms with van der Waals surface area (Å²) in [6.07, 6.45) is -0.137. The summed E-state index contributed by atoms with van der Waals surface area (Å²) in [5.41, 5.74) is 0.480. The second-order valence-corrected chi connectivity index (χ2v) is 5.03. The summed E-state index contributed by atoms with van der Waals surface area (Å²) in [5, 5.41) is 13.4. The van der Waals surface area contributed by atoms with Crippen molar-refractivity contribution >= 4 is 35.2 Å². The van der Waals surface area contributed by atoms with Gasteiger partial charge in [0.05, 0.1) is 17.9 Å². The standard InChI is InChI=1S/C13H15FN2O4S/c14-9-1-3-10(4-2-9)16-12(18)8-21-7-11(17)15-6-5-13(19)20/h1-4H,5-8H2,(H,15,17)(H,16,18)(H,19,20). The van der Waals surface area contributed by atoms with Crippen molar-refractivity contribution in [2.45, 2.75) is 6.42 Å². The molecule has 1 aromatic rings. The number of halogens is 1. The van der Waals surface area contributed by atoms with Gasteiger partial charge in [0.25, 0.3) is 0 Å². The number of carboxylic acid groups (broad SMARTS) is 1. The first kappa shape index (κ1) is 17.0. The van der Waals surface area contributed by atoms with Crippen molar-refractivity contribution in [2.24, 2.45) is 0 Å². The number of rotatable bonds is 8. The average molecular weight is 314 g/mol. The van der Waals surface area contributed by atoms with E-state index in [1.54, 1.807) is 0 Å².